The fraction of sp³-hybridized carbons (Fsp3) is 0.471. The van der Waals surface area contributed by atoms with E-state index in [9.17, 15) is 0 Å². The van der Waals surface area contributed by atoms with Gasteiger partial charge in [-0.1, -0.05) is 18.2 Å². The number of para-hydroxylation sites is 1. The number of fused-ring (bicyclic) bond motifs is 1. The van der Waals surface area contributed by atoms with Crippen LogP contribution in [0, 0.1) is 12.8 Å². The summed E-state index contributed by atoms with van der Waals surface area (Å²) in [5, 5.41) is 4.85. The molecule has 3 N–H and O–H groups in total. The van der Waals surface area contributed by atoms with Gasteiger partial charge in [0.1, 0.15) is 5.82 Å². The van der Waals surface area contributed by atoms with Crippen molar-refractivity contribution in [3.05, 3.63) is 35.9 Å². The molecule has 3 rings (SSSR count). The largest absolute Gasteiger partial charge is 0.367 e. The number of nitrogens with zero attached hydrogens (tertiary/aromatic N) is 1. The molecule has 1 saturated carbocycles. The van der Waals surface area contributed by atoms with Crippen molar-refractivity contribution in [2.45, 2.75) is 38.6 Å². The number of benzene rings is 1. The molecule has 1 aromatic carbocycles. The Labute approximate surface area is 120 Å². The highest BCUT2D eigenvalue weighted by Crippen LogP contribution is 2.27. The smallest absolute Gasteiger partial charge is 0.127 e. The predicted molar refractivity (Wildman–Crippen MR) is 84.9 cm³/mol. The molecule has 106 valence electrons. The lowest BCUT2D eigenvalue weighted by Gasteiger charge is -2.28. The molecule has 3 heteroatoms. The van der Waals surface area contributed by atoms with Gasteiger partial charge in [-0.15, -0.1) is 0 Å². The van der Waals surface area contributed by atoms with E-state index >= 15 is 0 Å². The van der Waals surface area contributed by atoms with E-state index in [0.29, 0.717) is 6.04 Å². The Hall–Kier alpha value is -1.61. The Kier molecular flexibility index (Phi) is 3.88. The quantitative estimate of drug-likeness (QED) is 0.897. The van der Waals surface area contributed by atoms with Crippen molar-refractivity contribution in [3.8, 4) is 0 Å². The summed E-state index contributed by atoms with van der Waals surface area (Å²) < 4.78 is 0. The van der Waals surface area contributed by atoms with Crippen LogP contribution in [0.4, 0.5) is 5.82 Å². The predicted octanol–water partition coefficient (Wildman–Crippen LogP) is 3.47. The van der Waals surface area contributed by atoms with Gasteiger partial charge in [-0.2, -0.15) is 0 Å². The molecule has 3 nitrogen and oxygen atoms in total. The first-order valence-electron chi connectivity index (χ1n) is 7.59. The molecule has 0 unspecified atom stereocenters. The molecule has 1 aromatic heterocycles. The third kappa shape index (κ3) is 2.78. The minimum Gasteiger partial charge on any atom is -0.367 e. The van der Waals surface area contributed by atoms with Gasteiger partial charge in [0.25, 0.3) is 0 Å². The molecular weight excluding hydrogens is 246 g/mol. The molecule has 1 aliphatic rings. The second kappa shape index (κ2) is 5.80. The molecule has 20 heavy (non-hydrogen) atoms. The first-order chi connectivity index (χ1) is 9.76. The van der Waals surface area contributed by atoms with Gasteiger partial charge in [-0.05, 0) is 62.8 Å². The van der Waals surface area contributed by atoms with Gasteiger partial charge in [0, 0.05) is 11.4 Å². The summed E-state index contributed by atoms with van der Waals surface area (Å²) >= 11 is 0. The second-order valence-electron chi connectivity index (χ2n) is 5.94. The molecule has 0 saturated heterocycles. The summed E-state index contributed by atoms with van der Waals surface area (Å²) in [4.78, 5) is 4.73. The van der Waals surface area contributed by atoms with Crippen LogP contribution in [-0.4, -0.2) is 17.6 Å². The lowest BCUT2D eigenvalue weighted by molar-refractivity contribution is 0.344. The first-order valence-corrected chi connectivity index (χ1v) is 7.59. The third-order valence-electron chi connectivity index (χ3n) is 4.46. The van der Waals surface area contributed by atoms with Crippen molar-refractivity contribution >= 4 is 16.7 Å². The molecule has 1 fully saturated rings. The minimum absolute atomic E-state index is 0.547. The lowest BCUT2D eigenvalue weighted by atomic mass is 9.86. The number of anilines is 1. The Morgan fingerprint density at radius 2 is 1.95 bits per heavy atom. The van der Waals surface area contributed by atoms with Crippen LogP contribution < -0.4 is 11.1 Å². The van der Waals surface area contributed by atoms with Crippen LogP contribution in [0.15, 0.2) is 30.3 Å². The zero-order valence-corrected chi connectivity index (χ0v) is 12.1. The average molecular weight is 269 g/mol. The van der Waals surface area contributed by atoms with Crippen LogP contribution in [0.3, 0.4) is 0 Å². The molecule has 0 amide bonds. The van der Waals surface area contributed by atoms with Crippen LogP contribution >= 0.6 is 0 Å². The fourth-order valence-electron chi connectivity index (χ4n) is 3.18. The zero-order chi connectivity index (χ0) is 13.9. The van der Waals surface area contributed by atoms with Crippen molar-refractivity contribution in [2.24, 2.45) is 11.7 Å². The van der Waals surface area contributed by atoms with Crippen LogP contribution in [-0.2, 0) is 0 Å². The van der Waals surface area contributed by atoms with Gasteiger partial charge in [0.15, 0.2) is 0 Å². The van der Waals surface area contributed by atoms with Crippen molar-refractivity contribution in [1.82, 2.24) is 4.98 Å². The van der Waals surface area contributed by atoms with Crippen molar-refractivity contribution in [3.63, 3.8) is 0 Å². The zero-order valence-electron chi connectivity index (χ0n) is 12.1. The van der Waals surface area contributed by atoms with Crippen LogP contribution in [0.25, 0.3) is 10.9 Å². The molecule has 0 bridgehead atoms. The number of aromatic nitrogens is 1. The van der Waals surface area contributed by atoms with E-state index in [1.54, 1.807) is 0 Å². The van der Waals surface area contributed by atoms with Gasteiger partial charge >= 0.3 is 0 Å². The van der Waals surface area contributed by atoms with Crippen molar-refractivity contribution in [1.29, 1.82) is 0 Å². The molecule has 0 radical (unpaired) electrons. The van der Waals surface area contributed by atoms with Crippen LogP contribution in [0.1, 0.15) is 31.2 Å². The molecule has 0 aliphatic heterocycles. The van der Waals surface area contributed by atoms with Crippen molar-refractivity contribution in [2.75, 3.05) is 11.9 Å². The van der Waals surface area contributed by atoms with Crippen LogP contribution in [0.5, 0.6) is 0 Å². The molecular formula is C17H23N3. The Balaban J connectivity index is 1.75. The summed E-state index contributed by atoms with van der Waals surface area (Å²) in [5.74, 6) is 1.73. The molecule has 0 atom stereocenters. The summed E-state index contributed by atoms with van der Waals surface area (Å²) in [6.45, 7) is 2.99. The molecule has 0 spiro atoms. The van der Waals surface area contributed by atoms with Gasteiger partial charge < -0.3 is 11.1 Å². The number of nitrogens with one attached hydrogen (secondary N) is 1. The topological polar surface area (TPSA) is 50.9 Å². The van der Waals surface area contributed by atoms with Gasteiger partial charge in [0.2, 0.25) is 0 Å². The maximum atomic E-state index is 5.75. The first kappa shape index (κ1) is 13.4. The summed E-state index contributed by atoms with van der Waals surface area (Å²) in [5.41, 5.74) is 8.11. The normalized spacial score (nSPS) is 22.9. The van der Waals surface area contributed by atoms with E-state index in [2.05, 4.69) is 36.5 Å². The van der Waals surface area contributed by atoms with E-state index in [1.807, 2.05) is 6.07 Å². The van der Waals surface area contributed by atoms with Crippen LogP contribution in [0.2, 0.25) is 0 Å². The van der Waals surface area contributed by atoms with E-state index < -0.39 is 0 Å². The fourth-order valence-corrected chi connectivity index (χ4v) is 3.18. The highest BCUT2D eigenvalue weighted by Gasteiger charge is 2.20. The lowest BCUT2D eigenvalue weighted by Crippen LogP contribution is -2.29. The number of aryl methyl sites for hydroxylation is 1. The maximum Gasteiger partial charge on any atom is 0.127 e. The van der Waals surface area contributed by atoms with Gasteiger partial charge in [-0.25, -0.2) is 4.98 Å². The number of rotatable bonds is 3. The third-order valence-corrected chi connectivity index (χ3v) is 4.46. The number of pyridine rings is 1. The molecule has 2 aromatic rings. The highest BCUT2D eigenvalue weighted by atomic mass is 15.0. The monoisotopic (exact) mass is 269 g/mol. The van der Waals surface area contributed by atoms with E-state index in [-0.39, 0.29) is 0 Å². The number of nitrogens with two attached hydrogens (primary N) is 1. The molecule has 1 heterocycles. The second-order valence-corrected chi connectivity index (χ2v) is 5.94. The summed E-state index contributed by atoms with van der Waals surface area (Å²) in [7, 11) is 0. The highest BCUT2D eigenvalue weighted by molar-refractivity contribution is 5.83. The average Bonchev–Trinajstić information content (AvgIpc) is 2.48. The number of hydrogen-bond acceptors (Lipinski definition) is 3. The van der Waals surface area contributed by atoms with Gasteiger partial charge in [-0.3, -0.25) is 0 Å². The standard InChI is InChI=1S/C17H23N3/c1-12-10-17(20-16-5-3-2-4-15(12)16)19-14-8-6-13(11-18)7-9-14/h2-5,10,13-14H,6-9,11,18H2,1H3,(H,19,20). The van der Waals surface area contributed by atoms with E-state index in [0.717, 1.165) is 23.8 Å². The van der Waals surface area contributed by atoms with E-state index in [4.69, 9.17) is 10.7 Å². The number of hydrogen-bond donors (Lipinski definition) is 2. The Morgan fingerprint density at radius 3 is 2.70 bits per heavy atom. The van der Waals surface area contributed by atoms with Gasteiger partial charge in [0.05, 0.1) is 5.52 Å². The van der Waals surface area contributed by atoms with Crippen molar-refractivity contribution < 1.29 is 0 Å². The Morgan fingerprint density at radius 1 is 1.20 bits per heavy atom. The Bertz CT molecular complexity index is 586. The maximum absolute atomic E-state index is 5.75. The molecule has 1 aliphatic carbocycles. The summed E-state index contributed by atoms with van der Waals surface area (Å²) in [6, 6.07) is 11.0. The SMILES string of the molecule is Cc1cc(NC2CCC(CN)CC2)nc2ccccc12. The van der Waals surface area contributed by atoms with E-state index in [1.165, 1.54) is 36.6 Å². The minimum atomic E-state index is 0.547. The summed E-state index contributed by atoms with van der Waals surface area (Å²) in [6.07, 6.45) is 4.88.